The molecule has 3 N–H and O–H groups in total. The number of carbonyl (C=O) groups excluding carboxylic acids is 2. The Hall–Kier alpha value is -4.00. The molecule has 33 heavy (non-hydrogen) atoms. The van der Waals surface area contributed by atoms with Gasteiger partial charge in [-0.3, -0.25) is 9.59 Å². The molecule has 0 bridgehead atoms. The maximum absolute atomic E-state index is 12.3. The maximum atomic E-state index is 12.3. The molecule has 0 aromatic heterocycles. The standard InChI is InChI=1S/C26H29N3O4/c1-19(2)28-26(31)20-11-13-21(14-12-20)29-25(30)18-27-22-7-6-10-24(17-22)33-16-15-32-23-8-4-3-5-9-23/h3-14,17,19,27H,15-16,18H2,1-2H3,(H,28,31)(H,29,30). The number of para-hydroxylation sites is 1. The molecular formula is C26H29N3O4. The van der Waals surface area contributed by atoms with Crippen molar-refractivity contribution < 1.29 is 19.1 Å². The first-order valence-corrected chi connectivity index (χ1v) is 10.8. The van der Waals surface area contributed by atoms with Crippen molar-refractivity contribution in [2.45, 2.75) is 19.9 Å². The van der Waals surface area contributed by atoms with Gasteiger partial charge in [0, 0.05) is 29.0 Å². The van der Waals surface area contributed by atoms with Gasteiger partial charge in [0.2, 0.25) is 5.91 Å². The number of nitrogens with one attached hydrogen (secondary N) is 3. The van der Waals surface area contributed by atoms with Gasteiger partial charge in [-0.05, 0) is 62.4 Å². The molecule has 0 unspecified atom stereocenters. The second-order valence-electron chi connectivity index (χ2n) is 7.65. The number of ether oxygens (including phenoxy) is 2. The fourth-order valence-electron chi connectivity index (χ4n) is 2.97. The summed E-state index contributed by atoms with van der Waals surface area (Å²) in [6, 6.07) is 23.8. The second kappa shape index (κ2) is 12.1. The highest BCUT2D eigenvalue weighted by atomic mass is 16.5. The monoisotopic (exact) mass is 447 g/mol. The van der Waals surface area contributed by atoms with Crippen LogP contribution in [-0.2, 0) is 4.79 Å². The number of carbonyl (C=O) groups is 2. The fraction of sp³-hybridized carbons (Fsp3) is 0.231. The van der Waals surface area contributed by atoms with Crippen molar-refractivity contribution in [3.63, 3.8) is 0 Å². The van der Waals surface area contributed by atoms with Crippen molar-refractivity contribution in [1.82, 2.24) is 5.32 Å². The SMILES string of the molecule is CC(C)NC(=O)c1ccc(NC(=O)CNc2cccc(OCCOc3ccccc3)c2)cc1. The van der Waals surface area contributed by atoms with Crippen LogP contribution in [0.15, 0.2) is 78.9 Å². The van der Waals surface area contributed by atoms with Crippen LogP contribution in [0.4, 0.5) is 11.4 Å². The third-order valence-corrected chi connectivity index (χ3v) is 4.50. The lowest BCUT2D eigenvalue weighted by Crippen LogP contribution is -2.30. The Morgan fingerprint density at radius 3 is 2.15 bits per heavy atom. The van der Waals surface area contributed by atoms with E-state index in [0.29, 0.717) is 30.2 Å². The Kier molecular flexibility index (Phi) is 8.71. The Morgan fingerprint density at radius 1 is 0.788 bits per heavy atom. The van der Waals surface area contributed by atoms with Crippen LogP contribution in [0.3, 0.4) is 0 Å². The van der Waals surface area contributed by atoms with Gasteiger partial charge in [-0.1, -0.05) is 24.3 Å². The average Bonchev–Trinajstić information content (AvgIpc) is 2.81. The van der Waals surface area contributed by atoms with Crippen LogP contribution >= 0.6 is 0 Å². The van der Waals surface area contributed by atoms with Gasteiger partial charge in [0.25, 0.3) is 5.91 Å². The van der Waals surface area contributed by atoms with Gasteiger partial charge < -0.3 is 25.4 Å². The van der Waals surface area contributed by atoms with Crippen LogP contribution in [0.1, 0.15) is 24.2 Å². The molecule has 0 aliphatic carbocycles. The summed E-state index contributed by atoms with van der Waals surface area (Å²) in [5, 5.41) is 8.73. The van der Waals surface area contributed by atoms with E-state index in [0.717, 1.165) is 11.4 Å². The minimum atomic E-state index is -0.197. The molecule has 172 valence electrons. The van der Waals surface area contributed by atoms with Crippen molar-refractivity contribution in [2.75, 3.05) is 30.4 Å². The summed E-state index contributed by atoms with van der Waals surface area (Å²) < 4.78 is 11.3. The highest BCUT2D eigenvalue weighted by molar-refractivity contribution is 5.96. The van der Waals surface area contributed by atoms with E-state index in [4.69, 9.17) is 9.47 Å². The highest BCUT2D eigenvalue weighted by Gasteiger charge is 2.08. The lowest BCUT2D eigenvalue weighted by atomic mass is 10.2. The Morgan fingerprint density at radius 2 is 1.45 bits per heavy atom. The minimum absolute atomic E-state index is 0.0643. The van der Waals surface area contributed by atoms with Crippen LogP contribution in [0, 0.1) is 0 Å². The number of hydrogen-bond acceptors (Lipinski definition) is 5. The summed E-state index contributed by atoms with van der Waals surface area (Å²) in [6.45, 7) is 4.74. The van der Waals surface area contributed by atoms with Crippen molar-refractivity contribution in [3.8, 4) is 11.5 Å². The van der Waals surface area contributed by atoms with Crippen molar-refractivity contribution in [1.29, 1.82) is 0 Å². The molecule has 0 aliphatic rings. The number of anilines is 2. The smallest absolute Gasteiger partial charge is 0.251 e. The number of rotatable bonds is 11. The first kappa shape index (κ1) is 23.7. The van der Waals surface area contributed by atoms with E-state index in [1.54, 1.807) is 24.3 Å². The molecule has 0 saturated carbocycles. The molecule has 3 aromatic carbocycles. The lowest BCUT2D eigenvalue weighted by Gasteiger charge is -2.11. The van der Waals surface area contributed by atoms with Crippen LogP contribution in [0.2, 0.25) is 0 Å². The first-order valence-electron chi connectivity index (χ1n) is 10.8. The third-order valence-electron chi connectivity index (χ3n) is 4.50. The molecule has 0 spiro atoms. The van der Waals surface area contributed by atoms with E-state index >= 15 is 0 Å². The molecule has 0 heterocycles. The zero-order valence-electron chi connectivity index (χ0n) is 18.8. The summed E-state index contributed by atoms with van der Waals surface area (Å²) in [7, 11) is 0. The summed E-state index contributed by atoms with van der Waals surface area (Å²) in [6.07, 6.45) is 0. The van der Waals surface area contributed by atoms with E-state index in [-0.39, 0.29) is 24.4 Å². The van der Waals surface area contributed by atoms with Crippen LogP contribution < -0.4 is 25.4 Å². The van der Waals surface area contributed by atoms with Gasteiger partial charge in [-0.15, -0.1) is 0 Å². The van der Waals surface area contributed by atoms with Gasteiger partial charge in [-0.25, -0.2) is 0 Å². The molecule has 7 heteroatoms. The molecule has 2 amide bonds. The Balaban J connectivity index is 1.41. The van der Waals surface area contributed by atoms with Crippen molar-refractivity contribution in [3.05, 3.63) is 84.4 Å². The van der Waals surface area contributed by atoms with Crippen LogP contribution in [0.25, 0.3) is 0 Å². The summed E-state index contributed by atoms with van der Waals surface area (Å²) in [5.41, 5.74) is 1.94. The molecule has 3 rings (SSSR count). The van der Waals surface area contributed by atoms with Gasteiger partial charge in [0.15, 0.2) is 0 Å². The number of benzene rings is 3. The zero-order valence-corrected chi connectivity index (χ0v) is 18.8. The van der Waals surface area contributed by atoms with Gasteiger partial charge in [0.05, 0.1) is 6.54 Å². The summed E-state index contributed by atoms with van der Waals surface area (Å²) in [4.78, 5) is 24.3. The number of hydrogen-bond donors (Lipinski definition) is 3. The molecule has 3 aromatic rings. The molecule has 0 atom stereocenters. The van der Waals surface area contributed by atoms with E-state index < -0.39 is 0 Å². The van der Waals surface area contributed by atoms with Crippen molar-refractivity contribution >= 4 is 23.2 Å². The van der Waals surface area contributed by atoms with E-state index in [2.05, 4.69) is 16.0 Å². The minimum Gasteiger partial charge on any atom is -0.490 e. The molecule has 7 nitrogen and oxygen atoms in total. The van der Waals surface area contributed by atoms with Crippen LogP contribution in [-0.4, -0.2) is 37.6 Å². The quantitative estimate of drug-likeness (QED) is 0.381. The fourth-order valence-corrected chi connectivity index (χ4v) is 2.97. The van der Waals surface area contributed by atoms with E-state index in [1.807, 2.05) is 68.4 Å². The van der Waals surface area contributed by atoms with Gasteiger partial charge >= 0.3 is 0 Å². The van der Waals surface area contributed by atoms with Crippen molar-refractivity contribution in [2.24, 2.45) is 0 Å². The molecule has 0 saturated heterocycles. The summed E-state index contributed by atoms with van der Waals surface area (Å²) >= 11 is 0. The zero-order chi connectivity index (χ0) is 23.5. The normalized spacial score (nSPS) is 10.4. The largest absolute Gasteiger partial charge is 0.490 e. The first-order chi connectivity index (χ1) is 16.0. The third kappa shape index (κ3) is 8.22. The topological polar surface area (TPSA) is 88.7 Å². The predicted octanol–water partition coefficient (Wildman–Crippen LogP) is 4.33. The maximum Gasteiger partial charge on any atom is 0.251 e. The summed E-state index contributed by atoms with van der Waals surface area (Å²) in [5.74, 6) is 1.15. The van der Waals surface area contributed by atoms with Crippen LogP contribution in [0.5, 0.6) is 11.5 Å². The molecule has 0 aliphatic heterocycles. The highest BCUT2D eigenvalue weighted by Crippen LogP contribution is 2.17. The van der Waals surface area contributed by atoms with E-state index in [9.17, 15) is 9.59 Å². The van der Waals surface area contributed by atoms with Gasteiger partial charge in [0.1, 0.15) is 24.7 Å². The lowest BCUT2D eigenvalue weighted by molar-refractivity contribution is -0.114. The average molecular weight is 448 g/mol. The number of amides is 2. The molecule has 0 radical (unpaired) electrons. The second-order valence-corrected chi connectivity index (χ2v) is 7.65. The van der Waals surface area contributed by atoms with Gasteiger partial charge in [-0.2, -0.15) is 0 Å². The Labute approximate surface area is 194 Å². The molecule has 0 fully saturated rings. The predicted molar refractivity (Wildman–Crippen MR) is 130 cm³/mol. The molecular weight excluding hydrogens is 418 g/mol. The van der Waals surface area contributed by atoms with E-state index in [1.165, 1.54) is 0 Å². The Bertz CT molecular complexity index is 1040.